The van der Waals surface area contributed by atoms with Gasteiger partial charge < -0.3 is 5.32 Å². The maximum atomic E-state index is 12.5. The van der Waals surface area contributed by atoms with Crippen LogP contribution in [0.25, 0.3) is 11.2 Å². The van der Waals surface area contributed by atoms with E-state index < -0.39 is 11.1 Å². The lowest BCUT2D eigenvalue weighted by Gasteiger charge is -2.15. The molecule has 0 saturated heterocycles. The highest BCUT2D eigenvalue weighted by Crippen LogP contribution is 2.13. The second kappa shape index (κ2) is 7.99. The third kappa shape index (κ3) is 3.81. The lowest BCUT2D eigenvalue weighted by molar-refractivity contribution is -0.121. The number of carbonyl (C=O) groups excluding carboxylic acids is 1. The minimum atomic E-state index is -0.719. The van der Waals surface area contributed by atoms with Crippen molar-refractivity contribution >= 4 is 17.1 Å². The zero-order valence-corrected chi connectivity index (χ0v) is 15.4. The first-order chi connectivity index (χ1) is 13.0. The minimum absolute atomic E-state index is 0.137. The number of carbonyl (C=O) groups is 1. The van der Waals surface area contributed by atoms with Crippen LogP contribution in [0, 0.1) is 0 Å². The molecule has 27 heavy (non-hydrogen) atoms. The van der Waals surface area contributed by atoms with Crippen molar-refractivity contribution in [2.24, 2.45) is 0 Å². The van der Waals surface area contributed by atoms with E-state index in [0.717, 1.165) is 5.56 Å². The first-order valence-corrected chi connectivity index (χ1v) is 8.93. The Labute approximate surface area is 156 Å². The molecule has 1 atom stereocenters. The molecule has 1 amide bonds. The van der Waals surface area contributed by atoms with Gasteiger partial charge in [-0.25, -0.2) is 4.98 Å². The molecule has 7 heteroatoms. The highest BCUT2D eigenvalue weighted by Gasteiger charge is 2.15. The van der Waals surface area contributed by atoms with Crippen LogP contribution in [0.5, 0.6) is 0 Å². The molecule has 7 nitrogen and oxygen atoms in total. The molecule has 0 fully saturated rings. The predicted octanol–water partition coefficient (Wildman–Crippen LogP) is 1.50. The van der Waals surface area contributed by atoms with E-state index in [2.05, 4.69) is 10.3 Å². The third-order valence-electron chi connectivity index (χ3n) is 4.58. The van der Waals surface area contributed by atoms with Crippen LogP contribution in [0.2, 0.25) is 0 Å². The molecule has 0 saturated carbocycles. The highest BCUT2D eigenvalue weighted by atomic mass is 16.2. The van der Waals surface area contributed by atoms with E-state index in [0.29, 0.717) is 24.3 Å². The largest absolute Gasteiger partial charge is 0.354 e. The summed E-state index contributed by atoms with van der Waals surface area (Å²) in [6.07, 6.45) is 1.56. The summed E-state index contributed by atoms with van der Waals surface area (Å²) in [5.41, 5.74) is 0.596. The molecule has 0 aliphatic carbocycles. The lowest BCUT2D eigenvalue weighted by Crippen LogP contribution is -2.44. The van der Waals surface area contributed by atoms with Crippen molar-refractivity contribution in [3.8, 4) is 0 Å². The third-order valence-corrected chi connectivity index (χ3v) is 4.58. The van der Waals surface area contributed by atoms with Crippen LogP contribution < -0.4 is 16.4 Å². The highest BCUT2D eigenvalue weighted by molar-refractivity contribution is 5.78. The van der Waals surface area contributed by atoms with Gasteiger partial charge in [0.05, 0.1) is 5.52 Å². The molecule has 1 N–H and O–H groups in total. The van der Waals surface area contributed by atoms with Crippen molar-refractivity contribution in [3.05, 3.63) is 74.9 Å². The molecule has 3 aromatic rings. The SMILES string of the molecule is CCn1c(=O)c(=O)n(CC(=O)NC[C@@H](C)c2ccccc2)c2cccnc21. The number of aryl methyl sites for hydroxylation is 1. The van der Waals surface area contributed by atoms with Gasteiger partial charge in [-0.2, -0.15) is 0 Å². The van der Waals surface area contributed by atoms with Crippen LogP contribution in [0.1, 0.15) is 25.3 Å². The van der Waals surface area contributed by atoms with Crippen LogP contribution in [-0.2, 0) is 17.9 Å². The fourth-order valence-corrected chi connectivity index (χ4v) is 3.06. The first kappa shape index (κ1) is 18.6. The molecular weight excluding hydrogens is 344 g/mol. The molecule has 0 aliphatic rings. The summed E-state index contributed by atoms with van der Waals surface area (Å²) < 4.78 is 2.52. The van der Waals surface area contributed by atoms with Crippen LogP contribution in [0.4, 0.5) is 0 Å². The molecule has 2 aromatic heterocycles. The quantitative estimate of drug-likeness (QED) is 0.670. The summed E-state index contributed by atoms with van der Waals surface area (Å²) in [5.74, 6) is -0.183. The average molecular weight is 366 g/mol. The fraction of sp³-hybridized carbons (Fsp3) is 0.300. The Morgan fingerprint density at radius 1 is 1.07 bits per heavy atom. The predicted molar refractivity (Wildman–Crippen MR) is 104 cm³/mol. The van der Waals surface area contributed by atoms with E-state index in [1.165, 1.54) is 9.13 Å². The Balaban J connectivity index is 1.82. The number of fused-ring (bicyclic) bond motifs is 1. The minimum Gasteiger partial charge on any atom is -0.354 e. The van der Waals surface area contributed by atoms with Gasteiger partial charge in [-0.1, -0.05) is 37.3 Å². The first-order valence-electron chi connectivity index (χ1n) is 8.93. The summed E-state index contributed by atoms with van der Waals surface area (Å²) in [7, 11) is 0. The van der Waals surface area contributed by atoms with Crippen molar-refractivity contribution in [1.82, 2.24) is 19.4 Å². The number of nitrogens with zero attached hydrogens (tertiary/aromatic N) is 3. The molecule has 140 valence electrons. The smallest absolute Gasteiger partial charge is 0.318 e. The molecule has 0 bridgehead atoms. The Kier molecular flexibility index (Phi) is 5.49. The lowest BCUT2D eigenvalue weighted by atomic mass is 10.0. The molecule has 0 aliphatic heterocycles. The fourth-order valence-electron chi connectivity index (χ4n) is 3.06. The zero-order valence-electron chi connectivity index (χ0n) is 15.4. The van der Waals surface area contributed by atoms with E-state index in [1.54, 1.807) is 25.3 Å². The molecule has 2 heterocycles. The molecule has 3 rings (SSSR count). The second-order valence-corrected chi connectivity index (χ2v) is 6.40. The van der Waals surface area contributed by atoms with Crippen LogP contribution >= 0.6 is 0 Å². The second-order valence-electron chi connectivity index (χ2n) is 6.40. The van der Waals surface area contributed by atoms with Gasteiger partial charge in [0.25, 0.3) is 0 Å². The molecular formula is C20H22N4O3. The zero-order chi connectivity index (χ0) is 19.4. The molecule has 1 aromatic carbocycles. The Morgan fingerprint density at radius 3 is 2.48 bits per heavy atom. The van der Waals surface area contributed by atoms with Crippen molar-refractivity contribution in [2.45, 2.75) is 32.9 Å². The van der Waals surface area contributed by atoms with Crippen molar-refractivity contribution in [1.29, 1.82) is 0 Å². The summed E-state index contributed by atoms with van der Waals surface area (Å²) >= 11 is 0. The van der Waals surface area contributed by atoms with Crippen molar-refractivity contribution < 1.29 is 4.79 Å². The van der Waals surface area contributed by atoms with E-state index >= 15 is 0 Å². The summed E-state index contributed by atoms with van der Waals surface area (Å²) in [6, 6.07) is 13.2. The van der Waals surface area contributed by atoms with Gasteiger partial charge in [-0.3, -0.25) is 23.5 Å². The topological polar surface area (TPSA) is 86.0 Å². The number of rotatable bonds is 6. The van der Waals surface area contributed by atoms with Gasteiger partial charge in [0.15, 0.2) is 5.65 Å². The maximum Gasteiger partial charge on any atom is 0.318 e. The van der Waals surface area contributed by atoms with E-state index in [1.807, 2.05) is 37.3 Å². The number of pyridine rings is 1. The van der Waals surface area contributed by atoms with Gasteiger partial charge in [-0.05, 0) is 30.5 Å². The standard InChI is InChI=1S/C20H22N4O3/c1-3-23-18-16(10-7-11-21-18)24(20(27)19(23)26)13-17(25)22-12-14(2)15-8-5-4-6-9-15/h4-11,14H,3,12-13H2,1-2H3,(H,22,25)/t14-/m1/s1. The summed E-state index contributed by atoms with van der Waals surface area (Å²) in [5, 5.41) is 2.84. The number of aromatic nitrogens is 3. The molecule has 0 spiro atoms. The van der Waals surface area contributed by atoms with E-state index in [-0.39, 0.29) is 18.4 Å². The summed E-state index contributed by atoms with van der Waals surface area (Å²) in [4.78, 5) is 41.4. The number of amides is 1. The van der Waals surface area contributed by atoms with Gasteiger partial charge >= 0.3 is 11.1 Å². The number of benzene rings is 1. The normalized spacial score (nSPS) is 12.1. The van der Waals surface area contributed by atoms with Gasteiger partial charge in [0.2, 0.25) is 5.91 Å². The van der Waals surface area contributed by atoms with E-state index in [9.17, 15) is 14.4 Å². The Morgan fingerprint density at radius 2 is 1.78 bits per heavy atom. The van der Waals surface area contributed by atoms with E-state index in [4.69, 9.17) is 0 Å². The van der Waals surface area contributed by atoms with Crippen LogP contribution in [0.15, 0.2) is 58.3 Å². The van der Waals surface area contributed by atoms with Crippen molar-refractivity contribution in [2.75, 3.05) is 6.54 Å². The Bertz CT molecular complexity index is 1070. The maximum absolute atomic E-state index is 12.5. The van der Waals surface area contributed by atoms with Gasteiger partial charge in [0.1, 0.15) is 6.54 Å². The average Bonchev–Trinajstić information content (AvgIpc) is 2.70. The Hall–Kier alpha value is -3.22. The number of nitrogens with one attached hydrogen (secondary N) is 1. The molecule has 0 unspecified atom stereocenters. The van der Waals surface area contributed by atoms with Crippen molar-refractivity contribution in [3.63, 3.8) is 0 Å². The van der Waals surface area contributed by atoms with Crippen LogP contribution in [-0.4, -0.2) is 26.6 Å². The molecule has 0 radical (unpaired) electrons. The number of hydrogen-bond acceptors (Lipinski definition) is 4. The summed E-state index contributed by atoms with van der Waals surface area (Å²) in [6.45, 7) is 4.35. The van der Waals surface area contributed by atoms with Crippen LogP contribution in [0.3, 0.4) is 0 Å². The van der Waals surface area contributed by atoms with Gasteiger partial charge in [0, 0.05) is 19.3 Å². The number of hydrogen-bond donors (Lipinski definition) is 1. The monoisotopic (exact) mass is 366 g/mol. The van der Waals surface area contributed by atoms with Gasteiger partial charge in [-0.15, -0.1) is 0 Å².